The standard InChI is InChI=1S/C17H16N4O/c22-17(14-9-12-3-1-2-4-15(12)18-10-14)21-8-6-13(11-21)16-5-7-19-20-16/h1-5,7,9-10,13H,6,8,11H2,(H,19,20). The molecular weight excluding hydrogens is 276 g/mol. The number of pyridine rings is 1. The van der Waals surface area contributed by atoms with Gasteiger partial charge in [0.2, 0.25) is 0 Å². The highest BCUT2D eigenvalue weighted by atomic mass is 16.2. The highest BCUT2D eigenvalue weighted by Gasteiger charge is 2.28. The average Bonchev–Trinajstić information content (AvgIpc) is 3.24. The topological polar surface area (TPSA) is 61.9 Å². The molecule has 1 amide bonds. The van der Waals surface area contributed by atoms with Gasteiger partial charge in [0.1, 0.15) is 0 Å². The minimum absolute atomic E-state index is 0.0558. The van der Waals surface area contributed by atoms with E-state index in [0.717, 1.165) is 36.1 Å². The van der Waals surface area contributed by atoms with Crippen LogP contribution in [0.3, 0.4) is 0 Å². The summed E-state index contributed by atoms with van der Waals surface area (Å²) in [5.41, 5.74) is 2.67. The lowest BCUT2D eigenvalue weighted by molar-refractivity contribution is 0.0790. The first-order valence-electron chi connectivity index (χ1n) is 7.44. The van der Waals surface area contributed by atoms with Crippen LogP contribution in [0.25, 0.3) is 10.9 Å². The Morgan fingerprint density at radius 3 is 3.05 bits per heavy atom. The summed E-state index contributed by atoms with van der Waals surface area (Å²) in [7, 11) is 0. The van der Waals surface area contributed by atoms with E-state index in [1.165, 1.54) is 0 Å². The van der Waals surface area contributed by atoms with Crippen molar-refractivity contribution in [2.45, 2.75) is 12.3 Å². The zero-order valence-electron chi connectivity index (χ0n) is 12.1. The zero-order chi connectivity index (χ0) is 14.9. The Kier molecular flexibility index (Phi) is 3.11. The molecule has 0 spiro atoms. The van der Waals surface area contributed by atoms with E-state index in [2.05, 4.69) is 15.2 Å². The van der Waals surface area contributed by atoms with Gasteiger partial charge in [0.25, 0.3) is 5.91 Å². The van der Waals surface area contributed by atoms with E-state index in [9.17, 15) is 4.79 Å². The van der Waals surface area contributed by atoms with Gasteiger partial charge in [0.05, 0.1) is 11.1 Å². The molecule has 5 nitrogen and oxygen atoms in total. The molecule has 1 unspecified atom stereocenters. The minimum atomic E-state index is 0.0558. The summed E-state index contributed by atoms with van der Waals surface area (Å²) in [5, 5.41) is 7.99. The number of aromatic nitrogens is 3. The number of carbonyl (C=O) groups is 1. The second-order valence-electron chi connectivity index (χ2n) is 5.67. The van der Waals surface area contributed by atoms with Gasteiger partial charge in [-0.1, -0.05) is 18.2 Å². The maximum atomic E-state index is 12.7. The first-order chi connectivity index (χ1) is 10.8. The number of likely N-dealkylation sites (tertiary alicyclic amines) is 1. The Bertz CT molecular complexity index is 812. The summed E-state index contributed by atoms with van der Waals surface area (Å²) < 4.78 is 0. The maximum Gasteiger partial charge on any atom is 0.255 e. The molecule has 0 saturated carbocycles. The number of H-pyrrole nitrogens is 1. The molecule has 1 aromatic carbocycles. The van der Waals surface area contributed by atoms with E-state index in [0.29, 0.717) is 11.5 Å². The summed E-state index contributed by atoms with van der Waals surface area (Å²) in [5.74, 6) is 0.403. The molecule has 3 aromatic rings. The number of amides is 1. The average molecular weight is 292 g/mol. The van der Waals surface area contributed by atoms with Gasteiger partial charge in [-0.2, -0.15) is 5.10 Å². The zero-order valence-corrected chi connectivity index (χ0v) is 12.1. The number of hydrogen-bond acceptors (Lipinski definition) is 3. The third kappa shape index (κ3) is 2.24. The number of nitrogens with one attached hydrogen (secondary N) is 1. The van der Waals surface area contributed by atoms with Gasteiger partial charge in [0.15, 0.2) is 0 Å². The lowest BCUT2D eigenvalue weighted by Gasteiger charge is -2.16. The van der Waals surface area contributed by atoms with E-state index in [1.54, 1.807) is 12.4 Å². The maximum absolute atomic E-state index is 12.7. The molecule has 22 heavy (non-hydrogen) atoms. The normalized spacial score (nSPS) is 18.0. The molecule has 2 aromatic heterocycles. The van der Waals surface area contributed by atoms with Gasteiger partial charge in [-0.25, -0.2) is 0 Å². The molecule has 1 aliphatic heterocycles. The molecule has 1 saturated heterocycles. The van der Waals surface area contributed by atoms with Crippen LogP contribution in [0, 0.1) is 0 Å². The van der Waals surface area contributed by atoms with Crippen molar-refractivity contribution in [2.75, 3.05) is 13.1 Å². The van der Waals surface area contributed by atoms with E-state index < -0.39 is 0 Å². The molecule has 1 atom stereocenters. The van der Waals surface area contributed by atoms with Gasteiger partial charge in [-0.05, 0) is 24.6 Å². The molecule has 1 fully saturated rings. The SMILES string of the molecule is O=C(c1cnc2ccccc2c1)N1CCC(c2ccn[nH]2)C1. The molecule has 1 aliphatic rings. The quantitative estimate of drug-likeness (QED) is 0.789. The van der Waals surface area contributed by atoms with Crippen LogP contribution in [-0.2, 0) is 0 Å². The molecule has 4 rings (SSSR count). The Hall–Kier alpha value is -2.69. The first kappa shape index (κ1) is 13.0. The van der Waals surface area contributed by atoms with Crippen molar-refractivity contribution >= 4 is 16.8 Å². The first-order valence-corrected chi connectivity index (χ1v) is 7.44. The Balaban J connectivity index is 1.56. The monoisotopic (exact) mass is 292 g/mol. The fraction of sp³-hybridized carbons (Fsp3) is 0.235. The molecule has 5 heteroatoms. The third-order valence-corrected chi connectivity index (χ3v) is 4.27. The van der Waals surface area contributed by atoms with Gasteiger partial charge >= 0.3 is 0 Å². The van der Waals surface area contributed by atoms with Crippen molar-refractivity contribution in [3.05, 3.63) is 60.0 Å². The summed E-state index contributed by atoms with van der Waals surface area (Å²) in [6, 6.07) is 11.8. The van der Waals surface area contributed by atoms with Gasteiger partial charge < -0.3 is 4.90 Å². The second-order valence-corrected chi connectivity index (χ2v) is 5.67. The van der Waals surface area contributed by atoms with Gasteiger partial charge in [-0.15, -0.1) is 0 Å². The number of benzene rings is 1. The van der Waals surface area contributed by atoms with Crippen LogP contribution in [-0.4, -0.2) is 39.1 Å². The molecule has 0 radical (unpaired) electrons. The van der Waals surface area contributed by atoms with Crippen molar-refractivity contribution in [1.29, 1.82) is 0 Å². The smallest absolute Gasteiger partial charge is 0.255 e. The fourth-order valence-corrected chi connectivity index (χ4v) is 3.06. The summed E-state index contributed by atoms with van der Waals surface area (Å²) in [6.07, 6.45) is 4.40. The highest BCUT2D eigenvalue weighted by Crippen LogP contribution is 2.26. The number of hydrogen-bond donors (Lipinski definition) is 1. The van der Waals surface area contributed by atoms with Crippen LogP contribution in [0.5, 0.6) is 0 Å². The number of nitrogens with zero attached hydrogens (tertiary/aromatic N) is 3. The van der Waals surface area contributed by atoms with Crippen molar-refractivity contribution in [2.24, 2.45) is 0 Å². The molecule has 110 valence electrons. The van der Waals surface area contributed by atoms with Crippen LogP contribution in [0.15, 0.2) is 48.8 Å². The molecule has 1 N–H and O–H groups in total. The van der Waals surface area contributed by atoms with E-state index in [1.807, 2.05) is 41.3 Å². The van der Waals surface area contributed by atoms with Crippen LogP contribution in [0.2, 0.25) is 0 Å². The van der Waals surface area contributed by atoms with Crippen LogP contribution in [0.4, 0.5) is 0 Å². The van der Waals surface area contributed by atoms with Gasteiger partial charge in [-0.3, -0.25) is 14.9 Å². The van der Waals surface area contributed by atoms with E-state index in [4.69, 9.17) is 0 Å². The Morgan fingerprint density at radius 1 is 1.27 bits per heavy atom. The highest BCUT2D eigenvalue weighted by molar-refractivity contribution is 5.97. The van der Waals surface area contributed by atoms with Crippen LogP contribution >= 0.6 is 0 Å². The van der Waals surface area contributed by atoms with Crippen LogP contribution in [0.1, 0.15) is 28.4 Å². The van der Waals surface area contributed by atoms with Crippen molar-refractivity contribution in [3.63, 3.8) is 0 Å². The number of para-hydroxylation sites is 1. The predicted molar refractivity (Wildman–Crippen MR) is 83.6 cm³/mol. The summed E-state index contributed by atoms with van der Waals surface area (Å²) in [4.78, 5) is 18.9. The van der Waals surface area contributed by atoms with Crippen molar-refractivity contribution in [3.8, 4) is 0 Å². The second kappa shape index (κ2) is 5.26. The van der Waals surface area contributed by atoms with E-state index >= 15 is 0 Å². The number of fused-ring (bicyclic) bond motifs is 1. The lowest BCUT2D eigenvalue weighted by Crippen LogP contribution is -2.28. The number of aromatic amines is 1. The van der Waals surface area contributed by atoms with Crippen molar-refractivity contribution < 1.29 is 4.79 Å². The predicted octanol–water partition coefficient (Wildman–Crippen LogP) is 2.59. The molecular formula is C17H16N4O. The Morgan fingerprint density at radius 2 is 2.18 bits per heavy atom. The van der Waals surface area contributed by atoms with Crippen molar-refractivity contribution in [1.82, 2.24) is 20.1 Å². The molecule has 3 heterocycles. The third-order valence-electron chi connectivity index (χ3n) is 4.27. The minimum Gasteiger partial charge on any atom is -0.338 e. The lowest BCUT2D eigenvalue weighted by atomic mass is 10.1. The van der Waals surface area contributed by atoms with Crippen LogP contribution < -0.4 is 0 Å². The molecule has 0 bridgehead atoms. The summed E-state index contributed by atoms with van der Waals surface area (Å²) >= 11 is 0. The summed E-state index contributed by atoms with van der Waals surface area (Å²) in [6.45, 7) is 1.50. The number of carbonyl (C=O) groups excluding carboxylic acids is 1. The fourth-order valence-electron chi connectivity index (χ4n) is 3.06. The Labute approximate surface area is 128 Å². The largest absolute Gasteiger partial charge is 0.338 e. The molecule has 0 aliphatic carbocycles. The van der Waals surface area contributed by atoms with E-state index in [-0.39, 0.29) is 5.91 Å². The van der Waals surface area contributed by atoms with Gasteiger partial charge in [0, 0.05) is 42.5 Å². The number of rotatable bonds is 2.